The van der Waals surface area contributed by atoms with Gasteiger partial charge in [-0.1, -0.05) is 17.7 Å². The molecule has 1 saturated heterocycles. The molecule has 2 atom stereocenters. The number of carbonyl (C=O) groups excluding carboxylic acids is 2. The second-order valence-corrected chi connectivity index (χ2v) is 8.60. The fourth-order valence-electron chi connectivity index (χ4n) is 4.12. The number of hydrogen-bond acceptors (Lipinski definition) is 5. The van der Waals surface area contributed by atoms with Crippen LogP contribution in [0, 0.1) is 17.5 Å². The van der Waals surface area contributed by atoms with Crippen LogP contribution in [0.25, 0.3) is 0 Å². The van der Waals surface area contributed by atoms with Crippen molar-refractivity contribution in [3.8, 4) is 0 Å². The molecule has 2 aliphatic heterocycles. The summed E-state index contributed by atoms with van der Waals surface area (Å²) in [5.41, 5.74) is 1.52. The molecule has 13 heteroatoms. The van der Waals surface area contributed by atoms with Crippen molar-refractivity contribution in [2.45, 2.75) is 32.2 Å². The molecule has 4 heterocycles. The van der Waals surface area contributed by atoms with Gasteiger partial charge in [-0.2, -0.15) is 5.10 Å². The topological polar surface area (TPSA) is 92.6 Å². The molecule has 1 N–H and O–H groups in total. The Morgan fingerprint density at radius 3 is 2.60 bits per heavy atom. The van der Waals surface area contributed by atoms with E-state index in [9.17, 15) is 22.8 Å². The third kappa shape index (κ3) is 4.25. The third-order valence-corrected chi connectivity index (χ3v) is 6.16. The Kier molecular flexibility index (Phi) is 5.75. The summed E-state index contributed by atoms with van der Waals surface area (Å²) < 4.78 is 47.5. The number of rotatable bonds is 3. The fraction of sp³-hybridized carbons (Fsp3) is 0.273. The number of benzene rings is 1. The maximum Gasteiger partial charge on any atom is 0.415 e. The van der Waals surface area contributed by atoms with Crippen molar-refractivity contribution >= 4 is 35.1 Å². The lowest BCUT2D eigenvalue weighted by atomic mass is 10.1. The highest BCUT2D eigenvalue weighted by molar-refractivity contribution is 6.29. The van der Waals surface area contributed by atoms with Crippen molar-refractivity contribution in [1.82, 2.24) is 19.7 Å². The molecule has 2 aliphatic rings. The highest BCUT2D eigenvalue weighted by Crippen LogP contribution is 2.34. The summed E-state index contributed by atoms with van der Waals surface area (Å²) in [6.07, 6.45) is 1.92. The molecule has 1 aromatic carbocycles. The Hall–Kier alpha value is -3.80. The van der Waals surface area contributed by atoms with Crippen LogP contribution in [0.3, 0.4) is 0 Å². The number of carbonyl (C=O) groups is 2. The molecule has 1 unspecified atom stereocenters. The third-order valence-electron chi connectivity index (χ3n) is 5.94. The predicted molar refractivity (Wildman–Crippen MR) is 118 cm³/mol. The highest BCUT2D eigenvalue weighted by Gasteiger charge is 2.38. The number of ether oxygens (including phenoxy) is 1. The van der Waals surface area contributed by atoms with Gasteiger partial charge in [0.25, 0.3) is 0 Å². The Balaban J connectivity index is 1.35. The number of aromatic nitrogens is 3. The molecular formula is C22H18ClF3N6O3. The van der Waals surface area contributed by atoms with E-state index in [1.807, 2.05) is 0 Å². The zero-order chi connectivity index (χ0) is 24.9. The number of amides is 3. The molecule has 0 spiro atoms. The van der Waals surface area contributed by atoms with Crippen LogP contribution in [0.4, 0.5) is 34.1 Å². The van der Waals surface area contributed by atoms with Gasteiger partial charge in [-0.25, -0.2) is 27.7 Å². The van der Waals surface area contributed by atoms with Gasteiger partial charge in [-0.05, 0) is 13.0 Å². The van der Waals surface area contributed by atoms with E-state index in [4.69, 9.17) is 16.3 Å². The molecule has 1 fully saturated rings. The lowest BCUT2D eigenvalue weighted by Gasteiger charge is -2.34. The largest absolute Gasteiger partial charge is 0.439 e. The number of cyclic esters (lactones) is 1. The molecule has 3 amide bonds. The minimum Gasteiger partial charge on any atom is -0.439 e. The van der Waals surface area contributed by atoms with Crippen molar-refractivity contribution in [1.29, 1.82) is 0 Å². The van der Waals surface area contributed by atoms with Gasteiger partial charge in [-0.15, -0.1) is 0 Å². The Labute approximate surface area is 202 Å². The average Bonchev–Trinajstić information content (AvgIpc) is 3.39. The van der Waals surface area contributed by atoms with E-state index in [0.717, 1.165) is 0 Å². The van der Waals surface area contributed by atoms with Crippen molar-refractivity contribution in [2.24, 2.45) is 0 Å². The minimum atomic E-state index is -1.62. The monoisotopic (exact) mass is 506 g/mol. The van der Waals surface area contributed by atoms with E-state index in [0.29, 0.717) is 40.8 Å². The van der Waals surface area contributed by atoms with Crippen LogP contribution in [0.5, 0.6) is 0 Å². The zero-order valence-electron chi connectivity index (χ0n) is 18.2. The van der Waals surface area contributed by atoms with E-state index in [1.165, 1.54) is 22.2 Å². The van der Waals surface area contributed by atoms with Crippen LogP contribution >= 0.6 is 11.6 Å². The van der Waals surface area contributed by atoms with Gasteiger partial charge in [0.15, 0.2) is 17.5 Å². The molecule has 3 aromatic rings. The summed E-state index contributed by atoms with van der Waals surface area (Å²) in [4.78, 5) is 32.4. The maximum atomic E-state index is 13.5. The normalized spacial score (nSPS) is 19.5. The van der Waals surface area contributed by atoms with Crippen molar-refractivity contribution in [3.63, 3.8) is 0 Å². The smallest absolute Gasteiger partial charge is 0.415 e. The summed E-state index contributed by atoms with van der Waals surface area (Å²) in [7, 11) is 0. The van der Waals surface area contributed by atoms with Crippen LogP contribution in [0.2, 0.25) is 5.15 Å². The Morgan fingerprint density at radius 1 is 1.17 bits per heavy atom. The molecule has 5 rings (SSSR count). The molecular weight excluding hydrogens is 489 g/mol. The van der Waals surface area contributed by atoms with E-state index in [-0.39, 0.29) is 24.8 Å². The van der Waals surface area contributed by atoms with E-state index >= 15 is 0 Å². The maximum absolute atomic E-state index is 13.5. The van der Waals surface area contributed by atoms with Crippen LogP contribution in [0.1, 0.15) is 24.3 Å². The molecule has 182 valence electrons. The van der Waals surface area contributed by atoms with E-state index < -0.39 is 35.7 Å². The number of nitrogens with one attached hydrogen (secondary N) is 1. The van der Waals surface area contributed by atoms with Gasteiger partial charge in [0.05, 0.1) is 43.3 Å². The second-order valence-electron chi connectivity index (χ2n) is 8.22. The fourth-order valence-corrected chi connectivity index (χ4v) is 4.23. The summed E-state index contributed by atoms with van der Waals surface area (Å²) in [6, 6.07) is 3.75. The number of hydrogen-bond donors (Lipinski definition) is 1. The summed E-state index contributed by atoms with van der Waals surface area (Å²) in [5.74, 6) is -4.44. The average molecular weight is 507 g/mol. The lowest BCUT2D eigenvalue weighted by Crippen LogP contribution is -2.47. The lowest BCUT2D eigenvalue weighted by molar-refractivity contribution is 0.142. The van der Waals surface area contributed by atoms with E-state index in [2.05, 4.69) is 15.4 Å². The van der Waals surface area contributed by atoms with Gasteiger partial charge in [0.2, 0.25) is 0 Å². The first-order valence-electron chi connectivity index (χ1n) is 10.6. The number of urea groups is 1. The number of nitrogens with zero attached hydrogens (tertiary/aromatic N) is 5. The zero-order valence-corrected chi connectivity index (χ0v) is 19.0. The predicted octanol–water partition coefficient (Wildman–Crippen LogP) is 4.48. The first-order chi connectivity index (χ1) is 16.7. The number of halogens is 4. The van der Waals surface area contributed by atoms with Crippen molar-refractivity contribution in [3.05, 3.63) is 70.5 Å². The highest BCUT2D eigenvalue weighted by atomic mass is 35.5. The van der Waals surface area contributed by atoms with E-state index in [1.54, 1.807) is 23.7 Å². The molecule has 0 aliphatic carbocycles. The van der Waals surface area contributed by atoms with Crippen molar-refractivity contribution < 1.29 is 27.5 Å². The van der Waals surface area contributed by atoms with Crippen molar-refractivity contribution in [2.75, 3.05) is 16.8 Å². The minimum absolute atomic E-state index is 0.0610. The van der Waals surface area contributed by atoms with Gasteiger partial charge >= 0.3 is 12.1 Å². The first-order valence-corrected chi connectivity index (χ1v) is 11.0. The number of pyridine rings is 1. The number of anilines is 2. The second kappa shape index (κ2) is 8.77. The van der Waals surface area contributed by atoms with Gasteiger partial charge in [0.1, 0.15) is 11.3 Å². The molecule has 0 bridgehead atoms. The van der Waals surface area contributed by atoms with Gasteiger partial charge < -0.3 is 15.0 Å². The first kappa shape index (κ1) is 23.0. The Morgan fingerprint density at radius 2 is 1.91 bits per heavy atom. The summed E-state index contributed by atoms with van der Waals surface area (Å²) >= 11 is 5.83. The van der Waals surface area contributed by atoms with Crippen LogP contribution in [-0.2, 0) is 17.8 Å². The molecule has 0 radical (unpaired) electrons. The van der Waals surface area contributed by atoms with Crippen LogP contribution in [0.15, 0.2) is 36.7 Å². The van der Waals surface area contributed by atoms with Gasteiger partial charge in [-0.3, -0.25) is 9.58 Å². The molecule has 35 heavy (non-hydrogen) atoms. The van der Waals surface area contributed by atoms with Crippen LogP contribution < -0.4 is 10.2 Å². The van der Waals surface area contributed by atoms with Crippen LogP contribution in [-0.4, -0.2) is 44.4 Å². The standard InChI is InChI=1S/C22H18ClF3N6O3/c1-11-8-32-17(9-30(11)21(33)29-13-4-14(24)20(26)15(25)5-13)16(7-28-32)31-10-18(35-22(31)34)12-2-3-19(23)27-6-12/h2-7,11,18H,8-10H2,1H3,(H,29,33)/t11-,18?/m0/s1. The summed E-state index contributed by atoms with van der Waals surface area (Å²) in [5, 5.41) is 7.06. The van der Waals surface area contributed by atoms with Gasteiger partial charge in [0, 0.05) is 29.6 Å². The molecule has 9 nitrogen and oxygen atoms in total. The Bertz CT molecular complexity index is 1300. The number of fused-ring (bicyclic) bond motifs is 1. The quantitative estimate of drug-likeness (QED) is 0.417. The molecule has 0 saturated carbocycles. The molecule has 2 aromatic heterocycles. The summed E-state index contributed by atoms with van der Waals surface area (Å²) in [6.45, 7) is 2.37. The SMILES string of the molecule is C[C@H]1Cn2ncc(N3CC(c4ccc(Cl)nc4)OC3=O)c2CN1C(=O)Nc1cc(F)c(F)c(F)c1.